The molecular formula is C12H22N2. The molecule has 0 spiro atoms. The molecule has 0 saturated carbocycles. The molecule has 0 radical (unpaired) electrons. The van der Waals surface area contributed by atoms with Gasteiger partial charge in [-0.1, -0.05) is 39.8 Å². The van der Waals surface area contributed by atoms with Crippen LogP contribution >= 0.6 is 0 Å². The fraction of sp³-hybridized carbons (Fsp3) is 0.500. The average molecular weight is 194 g/mol. The quantitative estimate of drug-likeness (QED) is 0.660. The molecule has 1 aromatic carbocycles. The van der Waals surface area contributed by atoms with Crippen molar-refractivity contribution in [3.63, 3.8) is 0 Å². The van der Waals surface area contributed by atoms with Crippen LogP contribution in [0, 0.1) is 6.92 Å². The summed E-state index contributed by atoms with van der Waals surface area (Å²) in [5.41, 5.74) is 10.0. The number of nitrogens with one attached hydrogen (secondary N) is 2. The Kier molecular flexibility index (Phi) is 6.85. The molecule has 1 heterocycles. The molecule has 1 aliphatic heterocycles. The van der Waals surface area contributed by atoms with E-state index in [1.807, 2.05) is 27.7 Å². The van der Waals surface area contributed by atoms with Crippen molar-refractivity contribution in [1.82, 2.24) is 5.43 Å². The molecule has 0 saturated heterocycles. The molecule has 2 nitrogen and oxygen atoms in total. The highest BCUT2D eigenvalue weighted by Gasteiger charge is 2.06. The van der Waals surface area contributed by atoms with E-state index < -0.39 is 0 Å². The average Bonchev–Trinajstić information content (AvgIpc) is 2.71. The Hall–Kier alpha value is -1.02. The first-order valence-electron chi connectivity index (χ1n) is 5.45. The van der Waals surface area contributed by atoms with E-state index in [4.69, 9.17) is 0 Å². The van der Waals surface area contributed by atoms with E-state index in [0.717, 1.165) is 6.54 Å². The number of anilines is 1. The molecule has 2 rings (SSSR count). The summed E-state index contributed by atoms with van der Waals surface area (Å²) in [6, 6.07) is 6.43. The van der Waals surface area contributed by atoms with Gasteiger partial charge in [-0.05, 0) is 24.1 Å². The molecule has 0 atom stereocenters. The van der Waals surface area contributed by atoms with Gasteiger partial charge in [0.1, 0.15) is 0 Å². The van der Waals surface area contributed by atoms with E-state index in [1.54, 1.807) is 0 Å². The Balaban J connectivity index is 0.000000379. The van der Waals surface area contributed by atoms with Gasteiger partial charge in [0, 0.05) is 6.54 Å². The second-order valence-corrected chi connectivity index (χ2v) is 2.64. The molecular weight excluding hydrogens is 172 g/mol. The van der Waals surface area contributed by atoms with E-state index in [-0.39, 0.29) is 0 Å². The van der Waals surface area contributed by atoms with Crippen LogP contribution in [0.4, 0.5) is 5.69 Å². The topological polar surface area (TPSA) is 24.1 Å². The third kappa shape index (κ3) is 3.38. The van der Waals surface area contributed by atoms with Gasteiger partial charge in [-0.15, -0.1) is 0 Å². The first-order chi connectivity index (χ1) is 6.86. The Morgan fingerprint density at radius 1 is 1.07 bits per heavy atom. The Morgan fingerprint density at radius 2 is 1.71 bits per heavy atom. The minimum absolute atomic E-state index is 0.940. The fourth-order valence-corrected chi connectivity index (χ4v) is 1.20. The van der Waals surface area contributed by atoms with Crippen LogP contribution in [0.2, 0.25) is 0 Å². The maximum Gasteiger partial charge on any atom is 0.0536 e. The van der Waals surface area contributed by atoms with Crippen LogP contribution in [-0.4, -0.2) is 0 Å². The predicted molar refractivity (Wildman–Crippen MR) is 64.3 cm³/mol. The number of hydrogen-bond acceptors (Lipinski definition) is 2. The molecule has 0 bridgehead atoms. The molecule has 0 unspecified atom stereocenters. The zero-order valence-electron chi connectivity index (χ0n) is 9.94. The molecule has 0 aliphatic carbocycles. The summed E-state index contributed by atoms with van der Waals surface area (Å²) in [7, 11) is 0. The molecule has 14 heavy (non-hydrogen) atoms. The van der Waals surface area contributed by atoms with Gasteiger partial charge < -0.3 is 5.43 Å². The van der Waals surface area contributed by atoms with E-state index in [0.29, 0.717) is 0 Å². The monoisotopic (exact) mass is 194 g/mol. The molecule has 2 N–H and O–H groups in total. The van der Waals surface area contributed by atoms with Gasteiger partial charge in [0.25, 0.3) is 0 Å². The van der Waals surface area contributed by atoms with Gasteiger partial charge in [0.2, 0.25) is 0 Å². The van der Waals surface area contributed by atoms with E-state index in [2.05, 4.69) is 36.0 Å². The normalized spacial score (nSPS) is 11.2. The fourth-order valence-electron chi connectivity index (χ4n) is 1.20. The number of aryl methyl sites for hydroxylation is 1. The lowest BCUT2D eigenvalue weighted by Gasteiger charge is -1.97. The van der Waals surface area contributed by atoms with Crippen LogP contribution in [0.25, 0.3) is 0 Å². The largest absolute Gasteiger partial charge is 0.321 e. The minimum atomic E-state index is 0.940. The lowest BCUT2D eigenvalue weighted by Crippen LogP contribution is -2.10. The standard InChI is InChI=1S/C8H10N2.2C2H6/c1-6-2-3-7-5-9-10-8(7)4-6;2*1-2/h2-4,9-10H,5H2,1H3;2*1-2H3. The lowest BCUT2D eigenvalue weighted by molar-refractivity contribution is 0.860. The molecule has 0 aromatic heterocycles. The molecule has 0 amide bonds. The summed E-state index contributed by atoms with van der Waals surface area (Å²) in [6.45, 7) is 11.0. The number of benzene rings is 1. The highest BCUT2D eigenvalue weighted by Crippen LogP contribution is 2.19. The summed E-state index contributed by atoms with van der Waals surface area (Å²) in [5, 5.41) is 0. The summed E-state index contributed by atoms with van der Waals surface area (Å²) in [5.74, 6) is 0. The highest BCUT2D eigenvalue weighted by atomic mass is 15.4. The second kappa shape index (κ2) is 7.39. The number of rotatable bonds is 0. The van der Waals surface area contributed by atoms with Gasteiger partial charge in [-0.25, -0.2) is 5.43 Å². The minimum Gasteiger partial charge on any atom is -0.321 e. The van der Waals surface area contributed by atoms with Gasteiger partial charge in [0.05, 0.1) is 5.69 Å². The number of hydrazine groups is 1. The third-order valence-corrected chi connectivity index (χ3v) is 1.77. The van der Waals surface area contributed by atoms with Crippen molar-refractivity contribution in [2.45, 2.75) is 41.2 Å². The molecule has 2 heteroatoms. The van der Waals surface area contributed by atoms with Crippen molar-refractivity contribution in [2.24, 2.45) is 0 Å². The zero-order valence-corrected chi connectivity index (χ0v) is 9.94. The summed E-state index contributed by atoms with van der Waals surface area (Å²) in [4.78, 5) is 0. The van der Waals surface area contributed by atoms with Crippen molar-refractivity contribution < 1.29 is 0 Å². The molecule has 1 aliphatic rings. The highest BCUT2D eigenvalue weighted by molar-refractivity contribution is 5.55. The van der Waals surface area contributed by atoms with E-state index in [9.17, 15) is 0 Å². The number of fused-ring (bicyclic) bond motifs is 1. The van der Waals surface area contributed by atoms with E-state index in [1.165, 1.54) is 16.8 Å². The van der Waals surface area contributed by atoms with Gasteiger partial charge in [-0.3, -0.25) is 0 Å². The van der Waals surface area contributed by atoms with E-state index >= 15 is 0 Å². The Morgan fingerprint density at radius 3 is 2.36 bits per heavy atom. The predicted octanol–water partition coefficient (Wildman–Crippen LogP) is 3.48. The zero-order chi connectivity index (χ0) is 11.0. The maximum atomic E-state index is 3.09. The van der Waals surface area contributed by atoms with Gasteiger partial charge in [0.15, 0.2) is 0 Å². The summed E-state index contributed by atoms with van der Waals surface area (Å²) in [6.07, 6.45) is 0. The van der Waals surface area contributed by atoms with Crippen LogP contribution in [0.3, 0.4) is 0 Å². The van der Waals surface area contributed by atoms with Gasteiger partial charge >= 0.3 is 0 Å². The summed E-state index contributed by atoms with van der Waals surface area (Å²) >= 11 is 0. The molecule has 0 fully saturated rings. The third-order valence-electron chi connectivity index (χ3n) is 1.77. The lowest BCUT2D eigenvalue weighted by atomic mass is 10.1. The van der Waals surface area contributed by atoms with Crippen LogP contribution < -0.4 is 10.9 Å². The van der Waals surface area contributed by atoms with Gasteiger partial charge in [-0.2, -0.15) is 0 Å². The molecule has 80 valence electrons. The van der Waals surface area contributed by atoms with Crippen molar-refractivity contribution in [3.8, 4) is 0 Å². The van der Waals surface area contributed by atoms with Crippen LogP contribution in [-0.2, 0) is 6.54 Å². The molecule has 1 aromatic rings. The van der Waals surface area contributed by atoms with Crippen molar-refractivity contribution in [1.29, 1.82) is 0 Å². The first-order valence-corrected chi connectivity index (χ1v) is 5.45. The van der Waals surface area contributed by atoms with Crippen LogP contribution in [0.1, 0.15) is 38.8 Å². The van der Waals surface area contributed by atoms with Crippen LogP contribution in [0.15, 0.2) is 18.2 Å². The Labute approximate surface area is 87.7 Å². The van der Waals surface area contributed by atoms with Crippen molar-refractivity contribution >= 4 is 5.69 Å². The van der Waals surface area contributed by atoms with Crippen LogP contribution in [0.5, 0.6) is 0 Å². The van der Waals surface area contributed by atoms with Crippen molar-refractivity contribution in [3.05, 3.63) is 29.3 Å². The summed E-state index contributed by atoms with van der Waals surface area (Å²) < 4.78 is 0. The SMILES string of the molecule is CC.CC.Cc1ccc2c(c1)NNC2. The first kappa shape index (κ1) is 13.0. The maximum absolute atomic E-state index is 3.09. The second-order valence-electron chi connectivity index (χ2n) is 2.64. The Bertz CT molecular complexity index is 256. The van der Waals surface area contributed by atoms with Crippen molar-refractivity contribution in [2.75, 3.05) is 5.43 Å². The smallest absolute Gasteiger partial charge is 0.0536 e. The number of hydrogen-bond donors (Lipinski definition) is 2.